The maximum atomic E-state index is 10.0. The van der Waals surface area contributed by atoms with Gasteiger partial charge in [0.15, 0.2) is 5.96 Å². The molecule has 8 N–H and O–H groups in total. The standard InChI is InChI=1S/C19H40N4O2.ClH/c1-2-3-4-5-6-7-8-9-10-11-12-13-14-15-17(25)19(22,16-24)23-18(20)21;/h14-15,17,24-25H,2-13,16,22H2,1H3,(H4,20,21,23);1H/b15-14+;. The van der Waals surface area contributed by atoms with Crippen LogP contribution in [0, 0.1) is 5.41 Å². The molecule has 0 amide bonds. The van der Waals surface area contributed by atoms with E-state index < -0.39 is 18.4 Å². The van der Waals surface area contributed by atoms with Crippen LogP contribution >= 0.6 is 12.4 Å². The third-order valence-electron chi connectivity index (χ3n) is 4.45. The van der Waals surface area contributed by atoms with E-state index in [1.807, 2.05) is 6.08 Å². The number of halogens is 1. The van der Waals surface area contributed by atoms with Crippen LogP contribution in [0.5, 0.6) is 0 Å². The van der Waals surface area contributed by atoms with Crippen LogP contribution in [0.3, 0.4) is 0 Å². The van der Waals surface area contributed by atoms with Gasteiger partial charge in [-0.3, -0.25) is 5.41 Å². The predicted molar refractivity (Wildman–Crippen MR) is 113 cm³/mol. The third kappa shape index (κ3) is 14.4. The third-order valence-corrected chi connectivity index (χ3v) is 4.45. The lowest BCUT2D eigenvalue weighted by atomic mass is 10.0. The minimum absolute atomic E-state index is 0. The Morgan fingerprint density at radius 3 is 1.92 bits per heavy atom. The van der Waals surface area contributed by atoms with Gasteiger partial charge in [-0.15, -0.1) is 12.4 Å². The average molecular weight is 393 g/mol. The number of aliphatic hydroxyl groups is 2. The summed E-state index contributed by atoms with van der Waals surface area (Å²) in [7, 11) is 0. The van der Waals surface area contributed by atoms with Crippen LogP contribution in [-0.4, -0.2) is 34.5 Å². The lowest BCUT2D eigenvalue weighted by molar-refractivity contribution is 0.0636. The van der Waals surface area contributed by atoms with Gasteiger partial charge < -0.3 is 27.0 Å². The molecule has 0 aliphatic rings. The Balaban J connectivity index is 0. The van der Waals surface area contributed by atoms with E-state index in [4.69, 9.17) is 16.9 Å². The summed E-state index contributed by atoms with van der Waals surface area (Å²) in [6, 6.07) is 0. The molecule has 0 aromatic heterocycles. The molecular weight excluding hydrogens is 352 g/mol. The monoisotopic (exact) mass is 392 g/mol. The lowest BCUT2D eigenvalue weighted by Gasteiger charge is -2.31. The number of hydrogen-bond acceptors (Lipinski definition) is 4. The van der Waals surface area contributed by atoms with Crippen LogP contribution in [0.1, 0.15) is 84.0 Å². The summed E-state index contributed by atoms with van der Waals surface area (Å²) >= 11 is 0. The molecule has 0 fully saturated rings. The van der Waals surface area contributed by atoms with Crippen LogP contribution < -0.4 is 16.8 Å². The first kappa shape index (κ1) is 27.4. The van der Waals surface area contributed by atoms with Gasteiger partial charge in [-0.1, -0.05) is 83.3 Å². The van der Waals surface area contributed by atoms with E-state index >= 15 is 0 Å². The van der Waals surface area contributed by atoms with Crippen molar-refractivity contribution in [1.29, 1.82) is 5.41 Å². The predicted octanol–water partition coefficient (Wildman–Crippen LogP) is 3.16. The fraction of sp³-hybridized carbons (Fsp3) is 0.842. The molecule has 26 heavy (non-hydrogen) atoms. The number of aliphatic hydroxyl groups excluding tert-OH is 2. The molecule has 0 aromatic rings. The molecule has 0 rings (SSSR count). The van der Waals surface area contributed by atoms with Gasteiger partial charge >= 0.3 is 0 Å². The first-order valence-electron chi connectivity index (χ1n) is 9.83. The maximum Gasteiger partial charge on any atom is 0.187 e. The highest BCUT2D eigenvalue weighted by Gasteiger charge is 2.31. The fourth-order valence-corrected chi connectivity index (χ4v) is 2.78. The van der Waals surface area contributed by atoms with E-state index in [0.717, 1.165) is 12.8 Å². The molecule has 2 atom stereocenters. The van der Waals surface area contributed by atoms with Crippen molar-refractivity contribution in [1.82, 2.24) is 5.32 Å². The molecule has 2 unspecified atom stereocenters. The lowest BCUT2D eigenvalue weighted by Crippen LogP contribution is -2.66. The number of guanidine groups is 1. The van der Waals surface area contributed by atoms with Gasteiger partial charge in [0.25, 0.3) is 0 Å². The molecule has 0 bridgehead atoms. The summed E-state index contributed by atoms with van der Waals surface area (Å²) in [5.41, 5.74) is 9.50. The summed E-state index contributed by atoms with van der Waals surface area (Å²) < 4.78 is 0. The minimum atomic E-state index is -1.51. The SMILES string of the molecule is CCCCCCCCCCCCC/C=C/C(O)C(N)(CO)NC(=N)N.Cl. The van der Waals surface area contributed by atoms with E-state index in [2.05, 4.69) is 12.2 Å². The summed E-state index contributed by atoms with van der Waals surface area (Å²) in [4.78, 5) is 0. The number of nitrogens with one attached hydrogen (secondary N) is 2. The summed E-state index contributed by atoms with van der Waals surface area (Å²) in [6.45, 7) is 1.73. The van der Waals surface area contributed by atoms with Crippen LogP contribution in [0.2, 0.25) is 0 Å². The van der Waals surface area contributed by atoms with Crippen LogP contribution in [0.4, 0.5) is 0 Å². The number of unbranched alkanes of at least 4 members (excludes halogenated alkanes) is 11. The molecular formula is C19H41ClN4O2. The molecule has 0 radical (unpaired) electrons. The number of allylic oxidation sites excluding steroid dienone is 1. The fourth-order valence-electron chi connectivity index (χ4n) is 2.78. The molecule has 0 saturated carbocycles. The van der Waals surface area contributed by atoms with Gasteiger partial charge in [0.05, 0.1) is 6.61 Å². The maximum absolute atomic E-state index is 10.0. The highest BCUT2D eigenvalue weighted by Crippen LogP contribution is 2.12. The van der Waals surface area contributed by atoms with Gasteiger partial charge in [0.1, 0.15) is 11.8 Å². The summed E-state index contributed by atoms with van der Waals surface area (Å²) in [6.07, 6.45) is 17.6. The van der Waals surface area contributed by atoms with Crippen molar-refractivity contribution in [3.8, 4) is 0 Å². The second-order valence-electron chi connectivity index (χ2n) is 6.93. The Bertz CT molecular complexity index is 369. The normalized spacial score (nSPS) is 14.6. The van der Waals surface area contributed by atoms with E-state index in [1.165, 1.54) is 64.2 Å². The minimum Gasteiger partial charge on any atom is -0.392 e. The number of hydrogen-bond donors (Lipinski definition) is 6. The molecule has 0 saturated heterocycles. The Hall–Kier alpha value is -0.820. The Kier molecular flexibility index (Phi) is 18.5. The largest absolute Gasteiger partial charge is 0.392 e. The first-order valence-corrected chi connectivity index (χ1v) is 9.83. The molecule has 0 aliphatic carbocycles. The zero-order valence-electron chi connectivity index (χ0n) is 16.4. The average Bonchev–Trinajstić information content (AvgIpc) is 2.58. The zero-order chi connectivity index (χ0) is 19.0. The number of rotatable bonds is 16. The van der Waals surface area contributed by atoms with Crippen molar-refractivity contribution < 1.29 is 10.2 Å². The Morgan fingerprint density at radius 2 is 1.50 bits per heavy atom. The van der Waals surface area contributed by atoms with Crippen LogP contribution in [-0.2, 0) is 0 Å². The molecule has 0 heterocycles. The molecule has 0 aliphatic heterocycles. The summed E-state index contributed by atoms with van der Waals surface area (Å²) in [5.74, 6) is -0.380. The van der Waals surface area contributed by atoms with E-state index in [-0.39, 0.29) is 18.4 Å². The smallest absolute Gasteiger partial charge is 0.187 e. The molecule has 0 spiro atoms. The van der Waals surface area contributed by atoms with E-state index in [0.29, 0.717) is 0 Å². The van der Waals surface area contributed by atoms with Crippen LogP contribution in [0.15, 0.2) is 12.2 Å². The van der Waals surface area contributed by atoms with Gasteiger partial charge in [0.2, 0.25) is 0 Å². The second kappa shape index (κ2) is 17.6. The number of nitrogens with two attached hydrogens (primary N) is 2. The van der Waals surface area contributed by atoms with Crippen molar-refractivity contribution in [2.24, 2.45) is 11.5 Å². The highest BCUT2D eigenvalue weighted by molar-refractivity contribution is 5.85. The molecule has 156 valence electrons. The Labute approximate surface area is 165 Å². The van der Waals surface area contributed by atoms with E-state index in [9.17, 15) is 10.2 Å². The molecule has 7 heteroatoms. The van der Waals surface area contributed by atoms with Crippen molar-refractivity contribution in [3.63, 3.8) is 0 Å². The topological polar surface area (TPSA) is 128 Å². The van der Waals surface area contributed by atoms with Gasteiger partial charge in [-0.05, 0) is 12.8 Å². The molecule has 0 aromatic carbocycles. The van der Waals surface area contributed by atoms with Gasteiger partial charge in [-0.2, -0.15) is 0 Å². The second-order valence-corrected chi connectivity index (χ2v) is 6.93. The van der Waals surface area contributed by atoms with Crippen molar-refractivity contribution in [3.05, 3.63) is 12.2 Å². The first-order chi connectivity index (χ1) is 12.0. The quantitative estimate of drug-likeness (QED) is 0.0790. The summed E-state index contributed by atoms with van der Waals surface area (Å²) in [5, 5.41) is 28.8. The van der Waals surface area contributed by atoms with E-state index in [1.54, 1.807) is 6.08 Å². The van der Waals surface area contributed by atoms with Crippen LogP contribution in [0.25, 0.3) is 0 Å². The van der Waals surface area contributed by atoms with Crippen molar-refractivity contribution in [2.45, 2.75) is 95.7 Å². The van der Waals surface area contributed by atoms with Crippen molar-refractivity contribution in [2.75, 3.05) is 6.61 Å². The van der Waals surface area contributed by atoms with Crippen molar-refractivity contribution >= 4 is 18.4 Å². The van der Waals surface area contributed by atoms with Gasteiger partial charge in [0, 0.05) is 0 Å². The van der Waals surface area contributed by atoms with Gasteiger partial charge in [-0.25, -0.2) is 0 Å². The molecule has 6 nitrogen and oxygen atoms in total. The zero-order valence-corrected chi connectivity index (χ0v) is 17.2. The highest BCUT2D eigenvalue weighted by atomic mass is 35.5. The Morgan fingerprint density at radius 1 is 1.04 bits per heavy atom.